The number of hydrogen-bond donors (Lipinski definition) is 1. The average Bonchev–Trinajstić information content (AvgIpc) is 3.04. The highest BCUT2D eigenvalue weighted by atomic mass is 32.1. The largest absolute Gasteiger partial charge is 0.485 e. The minimum atomic E-state index is 0.237. The molecule has 1 heterocycles. The molecule has 1 N–H and O–H groups in total. The van der Waals surface area contributed by atoms with Crippen molar-refractivity contribution in [2.24, 2.45) is 5.10 Å². The maximum absolute atomic E-state index is 8.88. The summed E-state index contributed by atoms with van der Waals surface area (Å²) < 4.78 is 7.97. The summed E-state index contributed by atoms with van der Waals surface area (Å²) in [6.07, 6.45) is 1.67. The molecule has 6 nitrogen and oxygen atoms in total. The normalized spacial score (nSPS) is 11.1. The predicted molar refractivity (Wildman–Crippen MR) is 111 cm³/mol. The molecule has 1 aromatic heterocycles. The van der Waals surface area contributed by atoms with Gasteiger partial charge < -0.3 is 4.74 Å². The third kappa shape index (κ3) is 4.53. The zero-order valence-electron chi connectivity index (χ0n) is 16.0. The molecule has 0 spiro atoms. The van der Waals surface area contributed by atoms with Gasteiger partial charge in [0.2, 0.25) is 4.77 Å². The van der Waals surface area contributed by atoms with Crippen molar-refractivity contribution in [2.75, 3.05) is 0 Å². The molecule has 2 aromatic carbocycles. The van der Waals surface area contributed by atoms with Gasteiger partial charge in [0, 0.05) is 0 Å². The fourth-order valence-corrected chi connectivity index (χ4v) is 2.89. The van der Waals surface area contributed by atoms with E-state index in [0.717, 1.165) is 22.4 Å². The minimum absolute atomic E-state index is 0.237. The lowest BCUT2D eigenvalue weighted by atomic mass is 10.0. The molecule has 0 amide bonds. The van der Waals surface area contributed by atoms with Gasteiger partial charge in [-0.25, -0.2) is 5.10 Å². The maximum atomic E-state index is 8.88. The molecule has 0 radical (unpaired) electrons. The van der Waals surface area contributed by atoms with Crippen LogP contribution in [-0.4, -0.2) is 21.1 Å². The highest BCUT2D eigenvalue weighted by Gasteiger charge is 2.11. The van der Waals surface area contributed by atoms with Crippen molar-refractivity contribution in [3.8, 4) is 11.8 Å². The van der Waals surface area contributed by atoms with Gasteiger partial charge in [-0.3, -0.25) is 0 Å². The van der Waals surface area contributed by atoms with Crippen molar-refractivity contribution in [3.63, 3.8) is 0 Å². The summed E-state index contributed by atoms with van der Waals surface area (Å²) in [6.45, 7) is 6.54. The van der Waals surface area contributed by atoms with Gasteiger partial charge in [-0.15, -0.1) is 0 Å². The molecule has 142 valence electrons. The molecule has 0 unspecified atom stereocenters. The van der Waals surface area contributed by atoms with Crippen LogP contribution in [0.25, 0.3) is 0 Å². The van der Waals surface area contributed by atoms with Crippen LogP contribution in [0.3, 0.4) is 0 Å². The number of aryl methyl sites for hydroxylation is 1. The Kier molecular flexibility index (Phi) is 6.02. The summed E-state index contributed by atoms with van der Waals surface area (Å²) in [5.41, 5.74) is 3.74. The first-order valence-electron chi connectivity index (χ1n) is 8.92. The lowest BCUT2D eigenvalue weighted by molar-refractivity contribution is 0.286. The number of H-pyrrole nitrogens is 1. The fraction of sp³-hybridized carbons (Fsp3) is 0.238. The summed E-state index contributed by atoms with van der Waals surface area (Å²) in [4.78, 5) is 0. The predicted octanol–water partition coefficient (Wildman–Crippen LogP) is 4.71. The van der Waals surface area contributed by atoms with Gasteiger partial charge in [0.15, 0.2) is 5.82 Å². The molecule has 0 saturated heterocycles. The molecule has 3 aromatic rings. The van der Waals surface area contributed by atoms with Gasteiger partial charge in [0.1, 0.15) is 12.4 Å². The van der Waals surface area contributed by atoms with Crippen molar-refractivity contribution >= 4 is 18.4 Å². The number of rotatable bonds is 6. The number of benzene rings is 2. The Morgan fingerprint density at radius 2 is 2.04 bits per heavy atom. The Bertz CT molecular complexity index is 1090. The SMILES string of the molecule is Cc1ccc(C(C)C)c(OCc2n[nH]c(=S)n2/N=C\c2ccc(C#N)cc2)c1. The number of nitrogens with one attached hydrogen (secondary N) is 1. The molecule has 0 aliphatic carbocycles. The van der Waals surface area contributed by atoms with Crippen molar-refractivity contribution in [1.29, 1.82) is 5.26 Å². The van der Waals surface area contributed by atoms with Crippen LogP contribution < -0.4 is 4.74 Å². The Balaban J connectivity index is 1.80. The average molecular weight is 392 g/mol. The topological polar surface area (TPSA) is 79.0 Å². The second-order valence-electron chi connectivity index (χ2n) is 6.72. The van der Waals surface area contributed by atoms with E-state index in [1.807, 2.05) is 25.1 Å². The number of ether oxygens (including phenoxy) is 1. The van der Waals surface area contributed by atoms with E-state index in [0.29, 0.717) is 22.1 Å². The number of aromatic nitrogens is 3. The number of nitrogens with zero attached hydrogens (tertiary/aromatic N) is 4. The molecule has 0 aliphatic heterocycles. The molecule has 3 rings (SSSR count). The van der Waals surface area contributed by atoms with Crippen molar-refractivity contribution in [2.45, 2.75) is 33.3 Å². The number of aromatic amines is 1. The van der Waals surface area contributed by atoms with Crippen LogP contribution >= 0.6 is 12.2 Å². The van der Waals surface area contributed by atoms with Crippen molar-refractivity contribution < 1.29 is 4.74 Å². The summed E-state index contributed by atoms with van der Waals surface area (Å²) in [6, 6.07) is 15.4. The van der Waals surface area contributed by atoms with Crippen LogP contribution in [-0.2, 0) is 6.61 Å². The van der Waals surface area contributed by atoms with Gasteiger partial charge in [0.05, 0.1) is 17.8 Å². The molecule has 0 aliphatic rings. The third-order valence-electron chi connectivity index (χ3n) is 4.23. The molecule has 0 fully saturated rings. The fourth-order valence-electron chi connectivity index (χ4n) is 2.69. The number of hydrogen-bond acceptors (Lipinski definition) is 5. The zero-order chi connectivity index (χ0) is 20.1. The smallest absolute Gasteiger partial charge is 0.216 e. The van der Waals surface area contributed by atoms with Crippen molar-refractivity contribution in [3.05, 3.63) is 75.3 Å². The zero-order valence-corrected chi connectivity index (χ0v) is 16.8. The first-order chi connectivity index (χ1) is 13.5. The summed E-state index contributed by atoms with van der Waals surface area (Å²) >= 11 is 5.28. The van der Waals surface area contributed by atoms with E-state index in [1.165, 1.54) is 0 Å². The first kappa shape index (κ1) is 19.5. The molecule has 0 bridgehead atoms. The van der Waals surface area contributed by atoms with Gasteiger partial charge >= 0.3 is 0 Å². The Morgan fingerprint density at radius 1 is 1.29 bits per heavy atom. The van der Waals surface area contributed by atoms with Crippen molar-refractivity contribution in [1.82, 2.24) is 14.9 Å². The lowest BCUT2D eigenvalue weighted by Gasteiger charge is -2.14. The summed E-state index contributed by atoms with van der Waals surface area (Å²) in [5.74, 6) is 1.77. The lowest BCUT2D eigenvalue weighted by Crippen LogP contribution is -2.06. The van der Waals surface area contributed by atoms with E-state index < -0.39 is 0 Å². The standard InChI is InChI=1S/C21H21N5OS/c1-14(2)18-9-4-15(3)10-19(18)27-13-20-24-25-21(28)26(20)23-12-17-7-5-16(11-22)6-8-17/h4-10,12,14H,13H2,1-3H3,(H,25,28)/b23-12-. The first-order valence-corrected chi connectivity index (χ1v) is 9.33. The van der Waals surface area contributed by atoms with E-state index in [-0.39, 0.29) is 6.61 Å². The Labute approximate surface area is 169 Å². The third-order valence-corrected chi connectivity index (χ3v) is 4.49. The van der Waals surface area contributed by atoms with Crippen LogP contribution in [0.5, 0.6) is 5.75 Å². The Hall–Kier alpha value is -3.24. The second kappa shape index (κ2) is 8.63. The summed E-state index contributed by atoms with van der Waals surface area (Å²) in [7, 11) is 0. The van der Waals surface area contributed by atoms with Gasteiger partial charge in [-0.05, 0) is 59.9 Å². The van der Waals surface area contributed by atoms with Crippen LogP contribution in [0, 0.1) is 23.0 Å². The molecule has 7 heteroatoms. The van der Waals surface area contributed by atoms with Crippen LogP contribution in [0.1, 0.15) is 47.8 Å². The number of nitriles is 1. The van der Waals surface area contributed by atoms with E-state index >= 15 is 0 Å². The highest BCUT2D eigenvalue weighted by Crippen LogP contribution is 2.28. The van der Waals surface area contributed by atoms with Gasteiger partial charge in [0.25, 0.3) is 0 Å². The van der Waals surface area contributed by atoms with Crippen LogP contribution in [0.2, 0.25) is 0 Å². The highest BCUT2D eigenvalue weighted by molar-refractivity contribution is 7.71. The molecule has 0 atom stereocenters. The summed E-state index contributed by atoms with van der Waals surface area (Å²) in [5, 5.41) is 20.3. The quantitative estimate of drug-likeness (QED) is 0.488. The molecule has 0 saturated carbocycles. The van der Waals surface area contributed by atoms with Gasteiger partial charge in [-0.1, -0.05) is 38.1 Å². The monoisotopic (exact) mass is 391 g/mol. The minimum Gasteiger partial charge on any atom is -0.485 e. The van der Waals surface area contributed by atoms with E-state index in [1.54, 1.807) is 23.0 Å². The molecule has 28 heavy (non-hydrogen) atoms. The Morgan fingerprint density at radius 3 is 2.71 bits per heavy atom. The second-order valence-corrected chi connectivity index (χ2v) is 7.11. The van der Waals surface area contributed by atoms with E-state index in [4.69, 9.17) is 22.2 Å². The van der Waals surface area contributed by atoms with E-state index in [9.17, 15) is 0 Å². The molecular weight excluding hydrogens is 370 g/mol. The van der Waals surface area contributed by atoms with E-state index in [2.05, 4.69) is 47.3 Å². The van der Waals surface area contributed by atoms with Crippen LogP contribution in [0.15, 0.2) is 47.6 Å². The molecular formula is C21H21N5OS. The maximum Gasteiger partial charge on any atom is 0.216 e. The van der Waals surface area contributed by atoms with Gasteiger partial charge in [-0.2, -0.15) is 20.1 Å². The van der Waals surface area contributed by atoms with Crippen LogP contribution in [0.4, 0.5) is 0 Å².